The maximum absolute atomic E-state index is 4.53. The highest BCUT2D eigenvalue weighted by Gasteiger charge is 2.14. The second kappa shape index (κ2) is 6.01. The fourth-order valence-corrected chi connectivity index (χ4v) is 1.66. The summed E-state index contributed by atoms with van der Waals surface area (Å²) in [5, 5.41) is 3.16. The molecular weight excluding hydrogens is 210 g/mol. The summed E-state index contributed by atoms with van der Waals surface area (Å²) in [7, 11) is 4.07. The van der Waals surface area contributed by atoms with E-state index in [0.717, 1.165) is 25.3 Å². The number of nitrogens with one attached hydrogen (secondary N) is 1. The highest BCUT2D eigenvalue weighted by Crippen LogP contribution is 2.22. The van der Waals surface area contributed by atoms with Gasteiger partial charge in [-0.25, -0.2) is 4.98 Å². The molecule has 0 bridgehead atoms. The van der Waals surface area contributed by atoms with E-state index in [2.05, 4.69) is 55.2 Å². The van der Waals surface area contributed by atoms with Gasteiger partial charge in [-0.2, -0.15) is 0 Å². The Balaban J connectivity index is 2.61. The molecule has 0 unspecified atom stereocenters. The molecule has 0 atom stereocenters. The molecule has 0 aliphatic heterocycles. The first-order chi connectivity index (χ1) is 7.95. The van der Waals surface area contributed by atoms with Crippen molar-refractivity contribution in [3.8, 4) is 0 Å². The number of nitrogens with zero attached hydrogens (tertiary/aromatic N) is 2. The number of aromatic nitrogens is 1. The van der Waals surface area contributed by atoms with Crippen LogP contribution >= 0.6 is 0 Å². The third-order valence-corrected chi connectivity index (χ3v) is 2.93. The van der Waals surface area contributed by atoms with Crippen LogP contribution in [0.4, 0.5) is 5.82 Å². The van der Waals surface area contributed by atoms with Gasteiger partial charge in [0.2, 0.25) is 0 Å². The molecule has 0 aromatic carbocycles. The zero-order valence-corrected chi connectivity index (χ0v) is 11.7. The summed E-state index contributed by atoms with van der Waals surface area (Å²) in [6.07, 6.45) is 3.12. The quantitative estimate of drug-likeness (QED) is 0.795. The Labute approximate surface area is 105 Å². The predicted octanol–water partition coefficient (Wildman–Crippen LogP) is 2.42. The van der Waals surface area contributed by atoms with E-state index in [4.69, 9.17) is 0 Å². The van der Waals surface area contributed by atoms with Gasteiger partial charge in [0.15, 0.2) is 0 Å². The molecule has 0 saturated carbocycles. The third-order valence-electron chi connectivity index (χ3n) is 2.93. The molecule has 1 aromatic heterocycles. The van der Waals surface area contributed by atoms with Crippen LogP contribution in [0.5, 0.6) is 0 Å². The van der Waals surface area contributed by atoms with Crippen LogP contribution in [0.1, 0.15) is 32.8 Å². The Kier molecular flexibility index (Phi) is 4.94. The summed E-state index contributed by atoms with van der Waals surface area (Å²) in [4.78, 5) is 6.73. The van der Waals surface area contributed by atoms with Gasteiger partial charge in [0.1, 0.15) is 5.82 Å². The highest BCUT2D eigenvalue weighted by atomic mass is 15.2. The average Bonchev–Trinajstić information content (AvgIpc) is 2.28. The van der Waals surface area contributed by atoms with Crippen LogP contribution < -0.4 is 10.2 Å². The predicted molar refractivity (Wildman–Crippen MR) is 74.8 cm³/mol. The smallest absolute Gasteiger partial charge is 0.128 e. The van der Waals surface area contributed by atoms with Gasteiger partial charge in [0.25, 0.3) is 0 Å². The van der Waals surface area contributed by atoms with Gasteiger partial charge in [-0.05, 0) is 37.1 Å². The highest BCUT2D eigenvalue weighted by molar-refractivity contribution is 5.39. The van der Waals surface area contributed by atoms with E-state index < -0.39 is 0 Å². The van der Waals surface area contributed by atoms with Crippen molar-refractivity contribution in [2.45, 2.75) is 32.6 Å². The van der Waals surface area contributed by atoms with Crippen LogP contribution in [-0.2, 0) is 5.41 Å². The van der Waals surface area contributed by atoms with E-state index in [0.29, 0.717) is 0 Å². The minimum absolute atomic E-state index is 0.177. The zero-order chi connectivity index (χ0) is 12.9. The van der Waals surface area contributed by atoms with Crippen molar-refractivity contribution in [1.29, 1.82) is 0 Å². The van der Waals surface area contributed by atoms with E-state index in [9.17, 15) is 0 Å². The molecule has 1 heterocycles. The van der Waals surface area contributed by atoms with Crippen molar-refractivity contribution in [3.05, 3.63) is 23.9 Å². The molecule has 1 aromatic rings. The molecule has 0 aliphatic rings. The summed E-state index contributed by atoms with van der Waals surface area (Å²) in [5.41, 5.74) is 1.46. The third kappa shape index (κ3) is 4.35. The molecule has 96 valence electrons. The summed E-state index contributed by atoms with van der Waals surface area (Å²) in [6, 6.07) is 4.29. The first-order valence-corrected chi connectivity index (χ1v) is 6.27. The summed E-state index contributed by atoms with van der Waals surface area (Å²) in [6.45, 7) is 8.70. The summed E-state index contributed by atoms with van der Waals surface area (Å²) >= 11 is 0. The van der Waals surface area contributed by atoms with Gasteiger partial charge in [-0.15, -0.1) is 0 Å². The molecule has 3 nitrogen and oxygen atoms in total. The topological polar surface area (TPSA) is 28.2 Å². The number of hydrogen-bond acceptors (Lipinski definition) is 3. The van der Waals surface area contributed by atoms with Crippen molar-refractivity contribution in [3.63, 3.8) is 0 Å². The largest absolute Gasteiger partial charge is 0.360 e. The molecular formula is C14H25N3. The molecule has 0 fully saturated rings. The van der Waals surface area contributed by atoms with Crippen LogP contribution in [-0.4, -0.2) is 32.2 Å². The fourth-order valence-electron chi connectivity index (χ4n) is 1.66. The van der Waals surface area contributed by atoms with Crippen molar-refractivity contribution in [2.24, 2.45) is 0 Å². The number of anilines is 1. The SMILES string of the molecule is CNCCCN(C)c1ccc(C(C)(C)C)cn1. The fraction of sp³-hybridized carbons (Fsp3) is 0.643. The molecule has 0 aliphatic carbocycles. The molecule has 1 rings (SSSR count). The molecule has 0 saturated heterocycles. The second-order valence-electron chi connectivity index (χ2n) is 5.53. The van der Waals surface area contributed by atoms with Gasteiger partial charge in [0, 0.05) is 19.8 Å². The lowest BCUT2D eigenvalue weighted by molar-refractivity contribution is 0.587. The second-order valence-corrected chi connectivity index (χ2v) is 5.53. The van der Waals surface area contributed by atoms with Crippen LogP contribution in [0.25, 0.3) is 0 Å². The van der Waals surface area contributed by atoms with Crippen molar-refractivity contribution in [2.75, 3.05) is 32.1 Å². The maximum atomic E-state index is 4.53. The van der Waals surface area contributed by atoms with Crippen LogP contribution in [0.15, 0.2) is 18.3 Å². The lowest BCUT2D eigenvalue weighted by atomic mass is 9.88. The first-order valence-electron chi connectivity index (χ1n) is 6.27. The summed E-state index contributed by atoms with van der Waals surface area (Å²) in [5.74, 6) is 1.05. The van der Waals surface area contributed by atoms with E-state index in [1.165, 1.54) is 5.56 Å². The molecule has 0 amide bonds. The van der Waals surface area contributed by atoms with Gasteiger partial charge < -0.3 is 10.2 Å². The average molecular weight is 235 g/mol. The monoisotopic (exact) mass is 235 g/mol. The lowest BCUT2D eigenvalue weighted by Gasteiger charge is -2.21. The first kappa shape index (κ1) is 14.0. The normalized spacial score (nSPS) is 11.6. The number of hydrogen-bond donors (Lipinski definition) is 1. The van der Waals surface area contributed by atoms with Gasteiger partial charge in [-0.1, -0.05) is 26.8 Å². The Morgan fingerprint density at radius 2 is 2.00 bits per heavy atom. The van der Waals surface area contributed by atoms with E-state index >= 15 is 0 Å². The van der Waals surface area contributed by atoms with Crippen LogP contribution in [0.2, 0.25) is 0 Å². The number of rotatable bonds is 5. The van der Waals surface area contributed by atoms with E-state index in [-0.39, 0.29) is 5.41 Å². The van der Waals surface area contributed by atoms with Crippen molar-refractivity contribution >= 4 is 5.82 Å². The molecule has 17 heavy (non-hydrogen) atoms. The van der Waals surface area contributed by atoms with Gasteiger partial charge in [-0.3, -0.25) is 0 Å². The van der Waals surface area contributed by atoms with E-state index in [1.54, 1.807) is 0 Å². The van der Waals surface area contributed by atoms with Crippen LogP contribution in [0.3, 0.4) is 0 Å². The molecule has 1 N–H and O–H groups in total. The number of pyridine rings is 1. The Morgan fingerprint density at radius 1 is 1.29 bits per heavy atom. The molecule has 3 heteroatoms. The summed E-state index contributed by atoms with van der Waals surface area (Å²) < 4.78 is 0. The van der Waals surface area contributed by atoms with Crippen molar-refractivity contribution < 1.29 is 0 Å². The van der Waals surface area contributed by atoms with Crippen LogP contribution in [0, 0.1) is 0 Å². The Bertz CT molecular complexity index is 324. The van der Waals surface area contributed by atoms with E-state index in [1.807, 2.05) is 13.2 Å². The Hall–Kier alpha value is -1.09. The minimum Gasteiger partial charge on any atom is -0.360 e. The molecule has 0 spiro atoms. The molecule has 0 radical (unpaired) electrons. The van der Waals surface area contributed by atoms with Crippen molar-refractivity contribution in [1.82, 2.24) is 10.3 Å². The van der Waals surface area contributed by atoms with Gasteiger partial charge >= 0.3 is 0 Å². The maximum Gasteiger partial charge on any atom is 0.128 e. The lowest BCUT2D eigenvalue weighted by Crippen LogP contribution is -2.23. The minimum atomic E-state index is 0.177. The zero-order valence-electron chi connectivity index (χ0n) is 11.7. The van der Waals surface area contributed by atoms with Gasteiger partial charge in [0.05, 0.1) is 0 Å². The Morgan fingerprint density at radius 3 is 2.47 bits per heavy atom. The standard InChI is InChI=1S/C14H25N3/c1-14(2,3)12-7-8-13(16-11-12)17(5)10-6-9-15-4/h7-8,11,15H,6,9-10H2,1-5H3.